The van der Waals surface area contributed by atoms with Gasteiger partial charge < -0.3 is 9.47 Å². The van der Waals surface area contributed by atoms with Gasteiger partial charge in [0.05, 0.1) is 12.7 Å². The van der Waals surface area contributed by atoms with Crippen molar-refractivity contribution < 1.29 is 14.3 Å². The van der Waals surface area contributed by atoms with Crippen LogP contribution in [-0.4, -0.2) is 19.0 Å². The Kier molecular flexibility index (Phi) is 3.35. The van der Waals surface area contributed by atoms with Crippen LogP contribution in [0, 0.1) is 0 Å². The Bertz CT molecular complexity index is 350. The highest BCUT2D eigenvalue weighted by molar-refractivity contribution is 5.80. The number of hydrogen-bond donors (Lipinski definition) is 0. The SMILES string of the molecule is COc1ccc(OC(C)(C)C)c(C=O)c1. The number of methoxy groups -OCH3 is 1. The molecule has 0 aliphatic rings. The Morgan fingerprint density at radius 3 is 2.40 bits per heavy atom. The van der Waals surface area contributed by atoms with Crippen molar-refractivity contribution in [3.8, 4) is 11.5 Å². The molecule has 0 saturated heterocycles. The number of carbonyl (C=O) groups excluding carboxylic acids is 1. The number of carbonyl (C=O) groups is 1. The number of benzene rings is 1. The predicted molar refractivity (Wildman–Crippen MR) is 58.8 cm³/mol. The topological polar surface area (TPSA) is 35.5 Å². The lowest BCUT2D eigenvalue weighted by Crippen LogP contribution is -2.23. The summed E-state index contributed by atoms with van der Waals surface area (Å²) in [5.41, 5.74) is 0.191. The molecule has 3 heteroatoms. The van der Waals surface area contributed by atoms with Crippen molar-refractivity contribution in [3.05, 3.63) is 23.8 Å². The van der Waals surface area contributed by atoms with Gasteiger partial charge in [-0.2, -0.15) is 0 Å². The third-order valence-corrected chi connectivity index (χ3v) is 1.76. The van der Waals surface area contributed by atoms with E-state index in [0.29, 0.717) is 17.1 Å². The van der Waals surface area contributed by atoms with Gasteiger partial charge in [0.1, 0.15) is 17.1 Å². The van der Waals surface area contributed by atoms with E-state index in [1.165, 1.54) is 0 Å². The first-order valence-corrected chi connectivity index (χ1v) is 4.78. The average molecular weight is 208 g/mol. The van der Waals surface area contributed by atoms with Crippen LogP contribution in [0.2, 0.25) is 0 Å². The van der Waals surface area contributed by atoms with E-state index in [0.717, 1.165) is 6.29 Å². The number of hydrogen-bond acceptors (Lipinski definition) is 3. The Labute approximate surface area is 90.0 Å². The van der Waals surface area contributed by atoms with Crippen molar-refractivity contribution in [2.45, 2.75) is 26.4 Å². The van der Waals surface area contributed by atoms with E-state index in [-0.39, 0.29) is 5.60 Å². The summed E-state index contributed by atoms with van der Waals surface area (Å²) in [5, 5.41) is 0. The van der Waals surface area contributed by atoms with E-state index in [1.807, 2.05) is 20.8 Å². The Morgan fingerprint density at radius 1 is 1.27 bits per heavy atom. The minimum atomic E-state index is -0.313. The van der Waals surface area contributed by atoms with Gasteiger partial charge in [-0.15, -0.1) is 0 Å². The first-order chi connectivity index (χ1) is 6.96. The van der Waals surface area contributed by atoms with Gasteiger partial charge in [-0.3, -0.25) is 4.79 Å². The average Bonchev–Trinajstić information content (AvgIpc) is 2.16. The first kappa shape index (κ1) is 11.6. The van der Waals surface area contributed by atoms with Crippen molar-refractivity contribution >= 4 is 6.29 Å². The van der Waals surface area contributed by atoms with Gasteiger partial charge in [0.2, 0.25) is 0 Å². The van der Waals surface area contributed by atoms with Gasteiger partial charge in [-0.25, -0.2) is 0 Å². The second-order valence-corrected chi connectivity index (χ2v) is 4.24. The van der Waals surface area contributed by atoms with Gasteiger partial charge in [-0.05, 0) is 39.0 Å². The van der Waals surface area contributed by atoms with Crippen LogP contribution in [0.25, 0.3) is 0 Å². The maximum absolute atomic E-state index is 10.8. The molecule has 0 atom stereocenters. The van der Waals surface area contributed by atoms with Gasteiger partial charge in [-0.1, -0.05) is 0 Å². The van der Waals surface area contributed by atoms with Crippen molar-refractivity contribution in [2.75, 3.05) is 7.11 Å². The van der Waals surface area contributed by atoms with E-state index < -0.39 is 0 Å². The molecule has 0 aliphatic heterocycles. The molecule has 1 rings (SSSR count). The van der Waals surface area contributed by atoms with Crippen molar-refractivity contribution in [1.82, 2.24) is 0 Å². The molecule has 0 spiro atoms. The Morgan fingerprint density at radius 2 is 1.93 bits per heavy atom. The summed E-state index contributed by atoms with van der Waals surface area (Å²) in [6.07, 6.45) is 0.767. The predicted octanol–water partition coefficient (Wildman–Crippen LogP) is 2.69. The summed E-state index contributed by atoms with van der Waals surface area (Å²) < 4.78 is 10.7. The molecule has 0 saturated carbocycles. The zero-order valence-corrected chi connectivity index (χ0v) is 9.53. The molecule has 0 N–H and O–H groups in total. The van der Waals surface area contributed by atoms with Crippen LogP contribution in [0.4, 0.5) is 0 Å². The lowest BCUT2D eigenvalue weighted by Gasteiger charge is -2.22. The molecule has 3 nitrogen and oxygen atoms in total. The molecule has 0 radical (unpaired) electrons. The molecule has 0 amide bonds. The van der Waals surface area contributed by atoms with Crippen LogP contribution in [0.15, 0.2) is 18.2 Å². The smallest absolute Gasteiger partial charge is 0.153 e. The second kappa shape index (κ2) is 4.34. The summed E-state index contributed by atoms with van der Waals surface area (Å²) in [6, 6.07) is 5.18. The quantitative estimate of drug-likeness (QED) is 0.716. The maximum atomic E-state index is 10.8. The van der Waals surface area contributed by atoms with Crippen LogP contribution < -0.4 is 9.47 Å². The summed E-state index contributed by atoms with van der Waals surface area (Å²) in [6.45, 7) is 5.81. The second-order valence-electron chi connectivity index (χ2n) is 4.24. The molecule has 0 fully saturated rings. The highest BCUT2D eigenvalue weighted by atomic mass is 16.5. The summed E-state index contributed by atoms with van der Waals surface area (Å²) >= 11 is 0. The van der Waals surface area contributed by atoms with E-state index >= 15 is 0 Å². The molecule has 0 bridgehead atoms. The number of ether oxygens (including phenoxy) is 2. The van der Waals surface area contributed by atoms with E-state index in [9.17, 15) is 4.79 Å². The van der Waals surface area contributed by atoms with Crippen LogP contribution in [0.1, 0.15) is 31.1 Å². The zero-order chi connectivity index (χ0) is 11.5. The van der Waals surface area contributed by atoms with E-state index in [2.05, 4.69) is 0 Å². The molecular formula is C12H16O3. The minimum absolute atomic E-state index is 0.313. The molecule has 1 aromatic rings. The van der Waals surface area contributed by atoms with Gasteiger partial charge >= 0.3 is 0 Å². The monoisotopic (exact) mass is 208 g/mol. The fraction of sp³-hybridized carbons (Fsp3) is 0.417. The largest absolute Gasteiger partial charge is 0.497 e. The fourth-order valence-corrected chi connectivity index (χ4v) is 1.17. The van der Waals surface area contributed by atoms with E-state index in [1.54, 1.807) is 25.3 Å². The van der Waals surface area contributed by atoms with Crippen LogP contribution in [0.5, 0.6) is 11.5 Å². The molecule has 0 heterocycles. The maximum Gasteiger partial charge on any atom is 0.153 e. The first-order valence-electron chi connectivity index (χ1n) is 4.78. The highest BCUT2D eigenvalue weighted by Crippen LogP contribution is 2.25. The van der Waals surface area contributed by atoms with Gasteiger partial charge in [0, 0.05) is 0 Å². The standard InChI is InChI=1S/C12H16O3/c1-12(2,3)15-11-6-5-10(14-4)7-9(11)8-13/h5-8H,1-4H3. The van der Waals surface area contributed by atoms with E-state index in [4.69, 9.17) is 9.47 Å². The van der Waals surface area contributed by atoms with Gasteiger partial charge in [0.15, 0.2) is 6.29 Å². The Hall–Kier alpha value is -1.51. The number of rotatable bonds is 3. The summed E-state index contributed by atoms with van der Waals surface area (Å²) in [7, 11) is 1.56. The summed E-state index contributed by atoms with van der Waals surface area (Å²) in [5.74, 6) is 1.23. The normalized spacial score (nSPS) is 10.9. The molecule has 82 valence electrons. The molecule has 0 aromatic heterocycles. The van der Waals surface area contributed by atoms with Crippen molar-refractivity contribution in [3.63, 3.8) is 0 Å². The third kappa shape index (κ3) is 3.27. The highest BCUT2D eigenvalue weighted by Gasteiger charge is 2.14. The van der Waals surface area contributed by atoms with Crippen LogP contribution in [0.3, 0.4) is 0 Å². The fourth-order valence-electron chi connectivity index (χ4n) is 1.17. The molecule has 15 heavy (non-hydrogen) atoms. The molecular weight excluding hydrogens is 192 g/mol. The van der Waals surface area contributed by atoms with Crippen LogP contribution in [-0.2, 0) is 0 Å². The lowest BCUT2D eigenvalue weighted by molar-refractivity contribution is 0.109. The number of aldehydes is 1. The van der Waals surface area contributed by atoms with Crippen molar-refractivity contribution in [2.24, 2.45) is 0 Å². The van der Waals surface area contributed by atoms with Crippen molar-refractivity contribution in [1.29, 1.82) is 0 Å². The third-order valence-electron chi connectivity index (χ3n) is 1.76. The van der Waals surface area contributed by atoms with Gasteiger partial charge in [0.25, 0.3) is 0 Å². The minimum Gasteiger partial charge on any atom is -0.497 e. The zero-order valence-electron chi connectivity index (χ0n) is 9.53. The molecule has 1 aromatic carbocycles. The lowest BCUT2D eigenvalue weighted by atomic mass is 10.1. The summed E-state index contributed by atoms with van der Waals surface area (Å²) in [4.78, 5) is 10.8. The molecule has 0 unspecified atom stereocenters. The van der Waals surface area contributed by atoms with Crippen LogP contribution >= 0.6 is 0 Å². The Balaban J connectivity index is 3.03. The molecule has 0 aliphatic carbocycles.